The van der Waals surface area contributed by atoms with E-state index in [-0.39, 0.29) is 11.3 Å². The Morgan fingerprint density at radius 1 is 1.13 bits per heavy atom. The molecule has 1 amide bonds. The van der Waals surface area contributed by atoms with Gasteiger partial charge in [0.2, 0.25) is 0 Å². The highest BCUT2D eigenvalue weighted by Crippen LogP contribution is 2.21. The average molecular weight is 310 g/mol. The molecule has 4 nitrogen and oxygen atoms in total. The molecule has 0 aliphatic heterocycles. The fourth-order valence-electron chi connectivity index (χ4n) is 2.06. The molecule has 0 saturated carbocycles. The van der Waals surface area contributed by atoms with Gasteiger partial charge in [-0.25, -0.2) is 5.43 Å². The van der Waals surface area contributed by atoms with Crippen molar-refractivity contribution in [2.45, 2.75) is 26.2 Å². The minimum atomic E-state index is -0.272. The molecule has 0 bridgehead atoms. The van der Waals surface area contributed by atoms with Gasteiger partial charge in [-0.3, -0.25) is 4.79 Å². The van der Waals surface area contributed by atoms with Gasteiger partial charge in [-0.2, -0.15) is 5.10 Å². The van der Waals surface area contributed by atoms with E-state index >= 15 is 0 Å². The van der Waals surface area contributed by atoms with Crippen molar-refractivity contribution in [3.8, 4) is 5.75 Å². The van der Waals surface area contributed by atoms with Crippen LogP contribution in [0, 0.1) is 0 Å². The Kier molecular flexibility index (Phi) is 5.16. The van der Waals surface area contributed by atoms with Gasteiger partial charge in [0.25, 0.3) is 5.91 Å². The quantitative estimate of drug-likeness (QED) is 0.690. The largest absolute Gasteiger partial charge is 0.497 e. The van der Waals surface area contributed by atoms with Crippen molar-refractivity contribution in [2.75, 3.05) is 7.11 Å². The summed E-state index contributed by atoms with van der Waals surface area (Å²) < 4.78 is 5.10. The van der Waals surface area contributed by atoms with Crippen molar-refractivity contribution in [2.24, 2.45) is 5.10 Å². The second-order valence-corrected chi connectivity index (χ2v) is 6.30. The molecular weight excluding hydrogens is 288 g/mol. The van der Waals surface area contributed by atoms with Crippen LogP contribution in [0.5, 0.6) is 5.75 Å². The summed E-state index contributed by atoms with van der Waals surface area (Å²) in [5.41, 5.74) is 5.34. The zero-order chi connectivity index (χ0) is 16.9. The summed E-state index contributed by atoms with van der Waals surface area (Å²) in [7, 11) is 1.57. The first kappa shape index (κ1) is 16.7. The minimum Gasteiger partial charge on any atom is -0.497 e. The zero-order valence-corrected chi connectivity index (χ0v) is 14.0. The monoisotopic (exact) mass is 310 g/mol. The van der Waals surface area contributed by atoms with Gasteiger partial charge in [0.1, 0.15) is 5.75 Å². The number of hydrogen-bond donors (Lipinski definition) is 1. The number of amides is 1. The van der Waals surface area contributed by atoms with Gasteiger partial charge >= 0.3 is 0 Å². The van der Waals surface area contributed by atoms with E-state index in [0.29, 0.717) is 11.3 Å². The maximum Gasteiger partial charge on any atom is 0.271 e. The molecule has 2 rings (SSSR count). The molecule has 120 valence electrons. The highest BCUT2D eigenvalue weighted by atomic mass is 16.5. The maximum atomic E-state index is 12.0. The van der Waals surface area contributed by atoms with E-state index < -0.39 is 0 Å². The summed E-state index contributed by atoms with van der Waals surface area (Å²) in [4.78, 5) is 12.0. The molecule has 1 N–H and O–H groups in total. The van der Waals surface area contributed by atoms with Gasteiger partial charge in [0, 0.05) is 5.56 Å². The normalized spacial score (nSPS) is 11.5. The van der Waals surface area contributed by atoms with E-state index in [1.165, 1.54) is 5.56 Å². The van der Waals surface area contributed by atoms with Crippen molar-refractivity contribution in [3.05, 3.63) is 65.2 Å². The minimum absolute atomic E-state index is 0.121. The van der Waals surface area contributed by atoms with Gasteiger partial charge < -0.3 is 4.74 Å². The van der Waals surface area contributed by atoms with Crippen molar-refractivity contribution in [3.63, 3.8) is 0 Å². The maximum absolute atomic E-state index is 12.0. The van der Waals surface area contributed by atoms with Gasteiger partial charge in [0.05, 0.1) is 13.3 Å². The van der Waals surface area contributed by atoms with E-state index in [2.05, 4.69) is 43.4 Å². The molecule has 2 aromatic rings. The third-order valence-corrected chi connectivity index (χ3v) is 3.49. The first-order chi connectivity index (χ1) is 10.9. The number of carbonyl (C=O) groups is 1. The van der Waals surface area contributed by atoms with Crippen LogP contribution in [0.15, 0.2) is 53.6 Å². The van der Waals surface area contributed by atoms with Crippen LogP contribution in [0.1, 0.15) is 42.3 Å². The van der Waals surface area contributed by atoms with E-state index in [9.17, 15) is 4.79 Å². The molecule has 0 saturated heterocycles. The molecule has 0 radical (unpaired) electrons. The molecular formula is C19H22N2O2. The smallest absolute Gasteiger partial charge is 0.271 e. The number of nitrogens with one attached hydrogen (secondary N) is 1. The Morgan fingerprint density at radius 2 is 1.83 bits per heavy atom. The lowest BCUT2D eigenvalue weighted by atomic mass is 9.87. The van der Waals surface area contributed by atoms with Crippen molar-refractivity contribution in [1.29, 1.82) is 0 Å². The standard InChI is InChI=1S/C19H22N2O2/c1-19(2,3)16-10-8-14(9-11-16)13-20-21-18(22)15-6-5-7-17(12-15)23-4/h5-13H,1-4H3,(H,21,22)/b20-13+. The molecule has 0 atom stereocenters. The third-order valence-electron chi connectivity index (χ3n) is 3.49. The third kappa shape index (κ3) is 4.68. The predicted molar refractivity (Wildman–Crippen MR) is 93.2 cm³/mol. The predicted octanol–water partition coefficient (Wildman–Crippen LogP) is 3.76. The van der Waals surface area contributed by atoms with Gasteiger partial charge in [-0.1, -0.05) is 51.1 Å². The fourth-order valence-corrected chi connectivity index (χ4v) is 2.06. The van der Waals surface area contributed by atoms with Gasteiger partial charge in [-0.05, 0) is 34.7 Å². The SMILES string of the molecule is COc1cccc(C(=O)N/N=C/c2ccc(C(C)(C)C)cc2)c1. The van der Waals surface area contributed by atoms with E-state index in [4.69, 9.17) is 4.74 Å². The Morgan fingerprint density at radius 3 is 2.43 bits per heavy atom. The molecule has 23 heavy (non-hydrogen) atoms. The van der Waals surface area contributed by atoms with Crippen LogP contribution in [-0.2, 0) is 5.41 Å². The summed E-state index contributed by atoms with van der Waals surface area (Å²) >= 11 is 0. The van der Waals surface area contributed by atoms with Crippen LogP contribution in [0.25, 0.3) is 0 Å². The lowest BCUT2D eigenvalue weighted by molar-refractivity contribution is 0.0955. The number of hydrogen-bond acceptors (Lipinski definition) is 3. The van der Waals surface area contributed by atoms with Crippen LogP contribution in [0.4, 0.5) is 0 Å². The molecule has 0 spiro atoms. The Hall–Kier alpha value is -2.62. The highest BCUT2D eigenvalue weighted by Gasteiger charge is 2.12. The molecule has 0 unspecified atom stereocenters. The van der Waals surface area contributed by atoms with Crippen LogP contribution >= 0.6 is 0 Å². The summed E-state index contributed by atoms with van der Waals surface area (Å²) in [6.07, 6.45) is 1.63. The lowest BCUT2D eigenvalue weighted by Gasteiger charge is -2.18. The van der Waals surface area contributed by atoms with Gasteiger partial charge in [-0.15, -0.1) is 0 Å². The second kappa shape index (κ2) is 7.09. The number of rotatable bonds is 4. The van der Waals surface area contributed by atoms with Crippen molar-refractivity contribution in [1.82, 2.24) is 5.43 Å². The lowest BCUT2D eigenvalue weighted by Crippen LogP contribution is -2.17. The molecule has 0 aliphatic carbocycles. The van der Waals surface area contributed by atoms with E-state index in [1.807, 2.05) is 12.1 Å². The molecule has 0 aromatic heterocycles. The van der Waals surface area contributed by atoms with Crippen LogP contribution in [0.2, 0.25) is 0 Å². The Balaban J connectivity index is 1.99. The summed E-state index contributed by atoms with van der Waals surface area (Å²) in [5.74, 6) is 0.367. The number of methoxy groups -OCH3 is 1. The zero-order valence-electron chi connectivity index (χ0n) is 14.0. The Labute approximate surface area is 137 Å². The molecule has 4 heteroatoms. The van der Waals surface area contributed by atoms with Crippen LogP contribution in [0.3, 0.4) is 0 Å². The van der Waals surface area contributed by atoms with Crippen LogP contribution < -0.4 is 10.2 Å². The van der Waals surface area contributed by atoms with Crippen LogP contribution in [-0.4, -0.2) is 19.2 Å². The molecule has 0 heterocycles. The molecule has 2 aromatic carbocycles. The fraction of sp³-hybridized carbons (Fsp3) is 0.263. The topological polar surface area (TPSA) is 50.7 Å². The van der Waals surface area contributed by atoms with E-state index in [1.54, 1.807) is 37.6 Å². The van der Waals surface area contributed by atoms with Gasteiger partial charge in [0.15, 0.2) is 0 Å². The summed E-state index contributed by atoms with van der Waals surface area (Å²) in [6, 6.07) is 15.1. The molecule has 0 aliphatic rings. The van der Waals surface area contributed by atoms with E-state index in [0.717, 1.165) is 5.56 Å². The summed E-state index contributed by atoms with van der Waals surface area (Å²) in [6.45, 7) is 6.51. The summed E-state index contributed by atoms with van der Waals surface area (Å²) in [5, 5.41) is 4.00. The molecule has 0 fully saturated rings. The highest BCUT2D eigenvalue weighted by molar-refractivity contribution is 5.95. The first-order valence-electron chi connectivity index (χ1n) is 7.48. The number of ether oxygens (including phenoxy) is 1. The second-order valence-electron chi connectivity index (χ2n) is 6.30. The number of benzene rings is 2. The number of nitrogens with zero attached hydrogens (tertiary/aromatic N) is 1. The number of hydrazone groups is 1. The number of carbonyl (C=O) groups excluding carboxylic acids is 1. The Bertz CT molecular complexity index is 698. The van der Waals surface area contributed by atoms with Crippen molar-refractivity contribution >= 4 is 12.1 Å². The average Bonchev–Trinajstić information content (AvgIpc) is 2.54. The van der Waals surface area contributed by atoms with Crippen molar-refractivity contribution < 1.29 is 9.53 Å². The first-order valence-corrected chi connectivity index (χ1v) is 7.48.